The van der Waals surface area contributed by atoms with Crippen molar-refractivity contribution < 1.29 is 0 Å². The maximum atomic E-state index is 4.82. The number of guanidine groups is 1. The lowest BCUT2D eigenvalue weighted by atomic mass is 10.0. The molecule has 1 aromatic rings. The van der Waals surface area contributed by atoms with E-state index in [0.29, 0.717) is 12.0 Å². The summed E-state index contributed by atoms with van der Waals surface area (Å²) < 4.78 is 0. The minimum atomic E-state index is 0. The first-order chi connectivity index (χ1) is 11.7. The van der Waals surface area contributed by atoms with E-state index in [1.54, 1.807) is 0 Å². The van der Waals surface area contributed by atoms with Crippen LogP contribution in [0.1, 0.15) is 57.2 Å². The van der Waals surface area contributed by atoms with Gasteiger partial charge in [-0.2, -0.15) is 0 Å². The monoisotopic (exact) mass is 478 g/mol. The van der Waals surface area contributed by atoms with Gasteiger partial charge in [0.2, 0.25) is 0 Å². The van der Waals surface area contributed by atoms with Crippen LogP contribution in [0, 0.1) is 0 Å². The van der Waals surface area contributed by atoms with E-state index in [2.05, 4.69) is 53.8 Å². The number of hydrogen-bond donors (Lipinski definition) is 2. The average Bonchev–Trinajstić information content (AvgIpc) is 3.13. The molecule has 0 saturated carbocycles. The molecule has 2 heterocycles. The van der Waals surface area contributed by atoms with Gasteiger partial charge in [0.1, 0.15) is 0 Å². The van der Waals surface area contributed by atoms with Crippen LogP contribution in [-0.4, -0.2) is 49.6 Å². The van der Waals surface area contributed by atoms with Crippen LogP contribution < -0.4 is 10.6 Å². The fraction of sp³-hybridized carbons (Fsp3) is 0.737. The second-order valence-corrected chi connectivity index (χ2v) is 7.73. The Balaban J connectivity index is 0.00000312. The van der Waals surface area contributed by atoms with Crippen molar-refractivity contribution in [2.24, 2.45) is 4.99 Å². The Kier molecular flexibility index (Phi) is 11.7. The molecule has 25 heavy (non-hydrogen) atoms. The molecule has 4 nitrogen and oxygen atoms in total. The van der Waals surface area contributed by atoms with Crippen molar-refractivity contribution in [2.45, 2.75) is 58.4 Å². The number of nitrogens with one attached hydrogen (secondary N) is 2. The maximum Gasteiger partial charge on any atom is 0.191 e. The van der Waals surface area contributed by atoms with Crippen molar-refractivity contribution in [1.82, 2.24) is 15.5 Å². The van der Waals surface area contributed by atoms with Crippen LogP contribution in [0.25, 0.3) is 0 Å². The van der Waals surface area contributed by atoms with Gasteiger partial charge in [-0.15, -0.1) is 35.3 Å². The molecule has 144 valence electrons. The number of halogens is 1. The third kappa shape index (κ3) is 8.26. The summed E-state index contributed by atoms with van der Waals surface area (Å²) in [6.45, 7) is 12.1. The average molecular weight is 478 g/mol. The van der Waals surface area contributed by atoms with E-state index in [-0.39, 0.29) is 24.0 Å². The smallest absolute Gasteiger partial charge is 0.191 e. The summed E-state index contributed by atoms with van der Waals surface area (Å²) in [6.07, 6.45) is 5.05. The van der Waals surface area contributed by atoms with E-state index in [1.807, 2.05) is 11.3 Å². The lowest BCUT2D eigenvalue weighted by Crippen LogP contribution is -2.48. The maximum absolute atomic E-state index is 4.82. The number of thiophene rings is 1. The molecule has 0 spiro atoms. The Labute approximate surface area is 174 Å². The van der Waals surface area contributed by atoms with Gasteiger partial charge in [-0.25, -0.2) is 0 Å². The molecular formula is C19H35IN4S. The van der Waals surface area contributed by atoms with Crippen molar-refractivity contribution in [3.63, 3.8) is 0 Å². The number of unbranched alkanes of at least 4 members (excludes halogenated alkanes) is 1. The van der Waals surface area contributed by atoms with Gasteiger partial charge >= 0.3 is 0 Å². The standard InChI is InChI=1S/C19H34N4S.HI/c1-4-6-11-23-12-9-17(10-13-23)22-19(20-5-2)21-15-16(3)18-8-7-14-24-18;/h7-8,14,16-17H,4-6,9-13,15H2,1-3H3,(H2,20,21,22);1H. The molecule has 0 bridgehead atoms. The zero-order valence-corrected chi connectivity index (χ0v) is 19.1. The van der Waals surface area contributed by atoms with Gasteiger partial charge in [0, 0.05) is 36.5 Å². The summed E-state index contributed by atoms with van der Waals surface area (Å²) in [5.41, 5.74) is 0. The predicted molar refractivity (Wildman–Crippen MR) is 122 cm³/mol. The van der Waals surface area contributed by atoms with Crippen LogP contribution in [0.4, 0.5) is 0 Å². The van der Waals surface area contributed by atoms with Crippen molar-refractivity contribution in [3.05, 3.63) is 22.4 Å². The zero-order valence-electron chi connectivity index (χ0n) is 16.0. The second kappa shape index (κ2) is 12.9. The molecule has 0 aromatic carbocycles. The van der Waals surface area contributed by atoms with E-state index in [9.17, 15) is 0 Å². The molecule has 0 aliphatic carbocycles. The van der Waals surface area contributed by atoms with E-state index in [4.69, 9.17) is 4.99 Å². The summed E-state index contributed by atoms with van der Waals surface area (Å²) in [5, 5.41) is 9.20. The third-order valence-corrected chi connectivity index (χ3v) is 5.76. The van der Waals surface area contributed by atoms with Gasteiger partial charge in [-0.1, -0.05) is 26.3 Å². The second-order valence-electron chi connectivity index (χ2n) is 6.75. The Morgan fingerprint density at radius 1 is 1.36 bits per heavy atom. The van der Waals surface area contributed by atoms with Crippen molar-refractivity contribution >= 4 is 41.3 Å². The van der Waals surface area contributed by atoms with Crippen molar-refractivity contribution in [3.8, 4) is 0 Å². The van der Waals surface area contributed by atoms with Crippen LogP contribution in [0.15, 0.2) is 22.5 Å². The summed E-state index contributed by atoms with van der Waals surface area (Å²) >= 11 is 1.82. The Bertz CT molecular complexity index is 470. The van der Waals surface area contributed by atoms with Gasteiger partial charge in [-0.3, -0.25) is 4.99 Å². The number of piperidine rings is 1. The first-order valence-corrected chi connectivity index (χ1v) is 10.4. The molecule has 2 N–H and O–H groups in total. The van der Waals surface area contributed by atoms with E-state index in [1.165, 1.54) is 50.2 Å². The molecular weight excluding hydrogens is 443 g/mol. The predicted octanol–water partition coefficient (Wildman–Crippen LogP) is 4.29. The fourth-order valence-electron chi connectivity index (χ4n) is 3.09. The van der Waals surface area contributed by atoms with Crippen LogP contribution in [-0.2, 0) is 0 Å². The molecule has 1 aliphatic heterocycles. The number of likely N-dealkylation sites (tertiary alicyclic amines) is 1. The summed E-state index contributed by atoms with van der Waals surface area (Å²) in [5.74, 6) is 1.46. The molecule has 2 rings (SSSR count). The minimum absolute atomic E-state index is 0. The summed E-state index contributed by atoms with van der Waals surface area (Å²) in [6, 6.07) is 4.88. The van der Waals surface area contributed by atoms with Crippen LogP contribution in [0.2, 0.25) is 0 Å². The summed E-state index contributed by atoms with van der Waals surface area (Å²) in [7, 11) is 0. The zero-order chi connectivity index (χ0) is 17.2. The third-order valence-electron chi connectivity index (χ3n) is 4.65. The largest absolute Gasteiger partial charge is 0.357 e. The highest BCUT2D eigenvalue weighted by molar-refractivity contribution is 14.0. The fourth-order valence-corrected chi connectivity index (χ4v) is 3.86. The molecule has 1 atom stereocenters. The van der Waals surface area contributed by atoms with Gasteiger partial charge in [0.25, 0.3) is 0 Å². The van der Waals surface area contributed by atoms with Crippen molar-refractivity contribution in [1.29, 1.82) is 0 Å². The van der Waals surface area contributed by atoms with E-state index in [0.717, 1.165) is 19.0 Å². The summed E-state index contributed by atoms with van der Waals surface area (Å²) in [4.78, 5) is 8.84. The van der Waals surface area contributed by atoms with Crippen LogP contribution >= 0.6 is 35.3 Å². The minimum Gasteiger partial charge on any atom is -0.357 e. The normalized spacial score (nSPS) is 17.8. The van der Waals surface area contributed by atoms with Gasteiger partial charge in [0.15, 0.2) is 5.96 Å². The van der Waals surface area contributed by atoms with Crippen LogP contribution in [0.5, 0.6) is 0 Å². The Morgan fingerprint density at radius 3 is 2.72 bits per heavy atom. The molecule has 1 aliphatic rings. The highest BCUT2D eigenvalue weighted by Crippen LogP contribution is 2.20. The highest BCUT2D eigenvalue weighted by Gasteiger charge is 2.19. The first-order valence-electron chi connectivity index (χ1n) is 9.53. The van der Waals surface area contributed by atoms with Crippen molar-refractivity contribution in [2.75, 3.05) is 32.7 Å². The topological polar surface area (TPSA) is 39.7 Å². The Hall–Kier alpha value is -0.340. The lowest BCUT2D eigenvalue weighted by molar-refractivity contribution is 0.203. The molecule has 0 amide bonds. The van der Waals surface area contributed by atoms with Crippen LogP contribution in [0.3, 0.4) is 0 Å². The SMILES string of the molecule is CCCCN1CCC(NC(=NCC(C)c2cccs2)NCC)CC1.I. The van der Waals surface area contributed by atoms with E-state index < -0.39 is 0 Å². The Morgan fingerprint density at radius 2 is 2.12 bits per heavy atom. The quantitative estimate of drug-likeness (QED) is 0.333. The number of aliphatic imine (C=N–C) groups is 1. The van der Waals surface area contributed by atoms with Gasteiger partial charge < -0.3 is 15.5 Å². The molecule has 1 unspecified atom stereocenters. The lowest BCUT2D eigenvalue weighted by Gasteiger charge is -2.33. The van der Waals surface area contributed by atoms with E-state index >= 15 is 0 Å². The molecule has 6 heteroatoms. The highest BCUT2D eigenvalue weighted by atomic mass is 127. The van der Waals surface area contributed by atoms with Gasteiger partial charge in [0.05, 0.1) is 6.54 Å². The number of hydrogen-bond acceptors (Lipinski definition) is 3. The molecule has 1 fully saturated rings. The van der Waals surface area contributed by atoms with Gasteiger partial charge in [-0.05, 0) is 44.2 Å². The number of nitrogens with zero attached hydrogens (tertiary/aromatic N) is 2. The molecule has 0 radical (unpaired) electrons. The molecule has 1 aromatic heterocycles. The first kappa shape index (κ1) is 22.7. The molecule has 1 saturated heterocycles. The number of rotatable bonds is 8.